The van der Waals surface area contributed by atoms with Crippen LogP contribution in [-0.2, 0) is 0 Å². The number of hydrogen-bond donors (Lipinski definition) is 1. The van der Waals surface area contributed by atoms with Gasteiger partial charge in [-0.25, -0.2) is 0 Å². The molecule has 21 heavy (non-hydrogen) atoms. The molecule has 116 valence electrons. The summed E-state index contributed by atoms with van der Waals surface area (Å²) in [6.07, 6.45) is 3.95. The van der Waals surface area contributed by atoms with E-state index in [1.165, 1.54) is 57.7 Å². The van der Waals surface area contributed by atoms with E-state index in [1.54, 1.807) is 0 Å². The molecular weight excluding hydrogens is 258 g/mol. The van der Waals surface area contributed by atoms with Crippen LogP contribution in [0.5, 0.6) is 0 Å². The molecular formula is C18H29N3. The Morgan fingerprint density at radius 3 is 2.86 bits per heavy atom. The fraction of sp³-hybridized carbons (Fsp3) is 0.667. The van der Waals surface area contributed by atoms with E-state index in [1.807, 2.05) is 0 Å². The lowest BCUT2D eigenvalue weighted by Crippen LogP contribution is -2.49. The number of likely N-dealkylation sites (N-methyl/N-ethyl adjacent to an activating group) is 1. The van der Waals surface area contributed by atoms with E-state index < -0.39 is 0 Å². The Morgan fingerprint density at radius 2 is 2.14 bits per heavy atom. The Labute approximate surface area is 129 Å². The van der Waals surface area contributed by atoms with Gasteiger partial charge in [0, 0.05) is 37.9 Å². The van der Waals surface area contributed by atoms with Gasteiger partial charge in [-0.1, -0.05) is 25.1 Å². The number of hydrogen-bond acceptors (Lipinski definition) is 3. The van der Waals surface area contributed by atoms with Gasteiger partial charge >= 0.3 is 0 Å². The van der Waals surface area contributed by atoms with Crippen LogP contribution in [0.25, 0.3) is 0 Å². The number of anilines is 1. The van der Waals surface area contributed by atoms with Gasteiger partial charge in [-0.3, -0.25) is 0 Å². The van der Waals surface area contributed by atoms with Gasteiger partial charge in [-0.15, -0.1) is 0 Å². The minimum Gasteiger partial charge on any atom is -0.370 e. The van der Waals surface area contributed by atoms with Crippen LogP contribution in [0.1, 0.15) is 26.2 Å². The maximum atomic E-state index is 3.52. The van der Waals surface area contributed by atoms with Crippen molar-refractivity contribution in [3.8, 4) is 0 Å². The number of benzene rings is 1. The molecule has 2 unspecified atom stereocenters. The minimum atomic E-state index is 0.462. The Bertz CT molecular complexity index is 439. The molecule has 0 bridgehead atoms. The van der Waals surface area contributed by atoms with E-state index >= 15 is 0 Å². The first kappa shape index (κ1) is 14.9. The molecule has 0 amide bonds. The lowest BCUT2D eigenvalue weighted by molar-refractivity contribution is 0.147. The predicted octanol–water partition coefficient (Wildman–Crippen LogP) is 2.59. The van der Waals surface area contributed by atoms with Crippen molar-refractivity contribution in [1.82, 2.24) is 10.2 Å². The number of nitrogens with zero attached hydrogens (tertiary/aromatic N) is 2. The van der Waals surface area contributed by atoms with Crippen LogP contribution in [-0.4, -0.2) is 50.7 Å². The van der Waals surface area contributed by atoms with Crippen molar-refractivity contribution in [1.29, 1.82) is 0 Å². The number of rotatable bonds is 4. The lowest BCUT2D eigenvalue weighted by Gasteiger charge is -2.41. The van der Waals surface area contributed by atoms with Gasteiger partial charge in [0.2, 0.25) is 0 Å². The fourth-order valence-corrected chi connectivity index (χ4v) is 3.92. The summed E-state index contributed by atoms with van der Waals surface area (Å²) >= 11 is 0. The smallest absolute Gasteiger partial charge is 0.0366 e. The molecule has 1 aromatic rings. The average Bonchev–Trinajstić information content (AvgIpc) is 2.94. The Hall–Kier alpha value is -1.06. The molecule has 2 heterocycles. The van der Waals surface area contributed by atoms with Crippen LogP contribution in [0.2, 0.25) is 0 Å². The number of piperidine rings is 1. The van der Waals surface area contributed by atoms with Gasteiger partial charge in [0.25, 0.3) is 0 Å². The average molecular weight is 287 g/mol. The zero-order valence-corrected chi connectivity index (χ0v) is 13.5. The highest BCUT2D eigenvalue weighted by Gasteiger charge is 2.32. The molecule has 2 aliphatic heterocycles. The first-order valence-electron chi connectivity index (χ1n) is 8.37. The number of para-hydroxylation sites is 1. The SMILES string of the molecule is CN(CC1(C)CCNC1)C1CCCN(c2ccccc2)C1. The van der Waals surface area contributed by atoms with Crippen molar-refractivity contribution in [2.75, 3.05) is 44.7 Å². The van der Waals surface area contributed by atoms with E-state index in [4.69, 9.17) is 0 Å². The summed E-state index contributed by atoms with van der Waals surface area (Å²) in [5.41, 5.74) is 1.84. The molecule has 0 saturated carbocycles. The number of nitrogens with one attached hydrogen (secondary N) is 1. The third-order valence-corrected chi connectivity index (χ3v) is 5.23. The van der Waals surface area contributed by atoms with Gasteiger partial charge < -0.3 is 15.1 Å². The highest BCUT2D eigenvalue weighted by molar-refractivity contribution is 5.46. The fourth-order valence-electron chi connectivity index (χ4n) is 3.92. The third-order valence-electron chi connectivity index (χ3n) is 5.23. The first-order chi connectivity index (χ1) is 10.2. The Kier molecular flexibility index (Phi) is 4.51. The van der Waals surface area contributed by atoms with E-state index in [-0.39, 0.29) is 0 Å². The topological polar surface area (TPSA) is 18.5 Å². The standard InChI is InChI=1S/C18H29N3/c1-18(10-11-19-14-18)15-20(2)17-9-6-12-21(13-17)16-7-4-3-5-8-16/h3-5,7-8,17,19H,6,9-15H2,1-2H3. The van der Waals surface area contributed by atoms with Crippen molar-refractivity contribution in [2.24, 2.45) is 5.41 Å². The molecule has 0 spiro atoms. The maximum Gasteiger partial charge on any atom is 0.0366 e. The monoisotopic (exact) mass is 287 g/mol. The molecule has 2 aliphatic rings. The van der Waals surface area contributed by atoms with Crippen molar-refractivity contribution >= 4 is 5.69 Å². The van der Waals surface area contributed by atoms with Gasteiger partial charge in [0.15, 0.2) is 0 Å². The highest BCUT2D eigenvalue weighted by Crippen LogP contribution is 2.28. The van der Waals surface area contributed by atoms with Gasteiger partial charge in [0.05, 0.1) is 0 Å². The van der Waals surface area contributed by atoms with Crippen molar-refractivity contribution < 1.29 is 0 Å². The molecule has 0 radical (unpaired) electrons. The summed E-state index contributed by atoms with van der Waals surface area (Å²) in [6, 6.07) is 11.6. The second kappa shape index (κ2) is 6.37. The lowest BCUT2D eigenvalue weighted by atomic mass is 9.88. The van der Waals surface area contributed by atoms with Crippen LogP contribution in [0, 0.1) is 5.41 Å². The van der Waals surface area contributed by atoms with E-state index in [0.29, 0.717) is 11.5 Å². The zero-order valence-electron chi connectivity index (χ0n) is 13.5. The van der Waals surface area contributed by atoms with Crippen molar-refractivity contribution in [3.63, 3.8) is 0 Å². The maximum absolute atomic E-state index is 3.52. The Morgan fingerprint density at radius 1 is 1.33 bits per heavy atom. The largest absolute Gasteiger partial charge is 0.370 e. The van der Waals surface area contributed by atoms with Crippen LogP contribution in [0.15, 0.2) is 30.3 Å². The van der Waals surface area contributed by atoms with Gasteiger partial charge in [-0.05, 0) is 50.4 Å². The molecule has 0 aromatic heterocycles. The molecule has 2 fully saturated rings. The minimum absolute atomic E-state index is 0.462. The predicted molar refractivity (Wildman–Crippen MR) is 89.9 cm³/mol. The summed E-state index contributed by atoms with van der Waals surface area (Å²) in [4.78, 5) is 5.17. The van der Waals surface area contributed by atoms with Crippen LogP contribution in [0.3, 0.4) is 0 Å². The third kappa shape index (κ3) is 3.58. The summed E-state index contributed by atoms with van der Waals surface area (Å²) in [6.45, 7) is 8.38. The van der Waals surface area contributed by atoms with Crippen molar-refractivity contribution in [3.05, 3.63) is 30.3 Å². The molecule has 2 atom stereocenters. The highest BCUT2D eigenvalue weighted by atomic mass is 15.2. The van der Waals surface area contributed by atoms with Gasteiger partial charge in [-0.2, -0.15) is 0 Å². The van der Waals surface area contributed by atoms with Crippen molar-refractivity contribution in [2.45, 2.75) is 32.2 Å². The first-order valence-corrected chi connectivity index (χ1v) is 8.37. The van der Waals surface area contributed by atoms with Crippen LogP contribution in [0.4, 0.5) is 5.69 Å². The quantitative estimate of drug-likeness (QED) is 0.918. The molecule has 3 rings (SSSR count). The summed E-state index contributed by atoms with van der Waals surface area (Å²) in [7, 11) is 2.32. The molecule has 3 nitrogen and oxygen atoms in total. The molecule has 1 aromatic carbocycles. The normalized spacial score (nSPS) is 30.0. The summed E-state index contributed by atoms with van der Waals surface area (Å²) in [5, 5.41) is 3.52. The molecule has 2 saturated heterocycles. The van der Waals surface area contributed by atoms with E-state index in [2.05, 4.69) is 59.4 Å². The molecule has 0 aliphatic carbocycles. The zero-order chi connectivity index (χ0) is 14.7. The summed E-state index contributed by atoms with van der Waals surface area (Å²) in [5.74, 6) is 0. The van der Waals surface area contributed by atoms with E-state index in [0.717, 1.165) is 0 Å². The summed E-state index contributed by atoms with van der Waals surface area (Å²) < 4.78 is 0. The van der Waals surface area contributed by atoms with Crippen LogP contribution < -0.4 is 10.2 Å². The van der Waals surface area contributed by atoms with Gasteiger partial charge in [0.1, 0.15) is 0 Å². The second-order valence-corrected chi connectivity index (χ2v) is 7.23. The van der Waals surface area contributed by atoms with E-state index in [9.17, 15) is 0 Å². The van der Waals surface area contributed by atoms with Crippen LogP contribution >= 0.6 is 0 Å². The second-order valence-electron chi connectivity index (χ2n) is 7.23. The molecule has 1 N–H and O–H groups in total. The Balaban J connectivity index is 1.60. The molecule has 3 heteroatoms.